The Kier molecular flexibility index (Phi) is 7.21. The lowest BCUT2D eigenvalue weighted by Crippen LogP contribution is -2.17. The molecule has 5 nitrogen and oxygen atoms in total. The minimum Gasteiger partial charge on any atom is -0.462 e. The summed E-state index contributed by atoms with van der Waals surface area (Å²) >= 11 is 5.03. The van der Waals surface area contributed by atoms with Crippen LogP contribution < -0.4 is 5.32 Å². The Morgan fingerprint density at radius 1 is 1.17 bits per heavy atom. The van der Waals surface area contributed by atoms with Gasteiger partial charge >= 0.3 is 5.97 Å². The Labute approximate surface area is 223 Å². The van der Waals surface area contributed by atoms with Crippen LogP contribution in [0.2, 0.25) is 0 Å². The van der Waals surface area contributed by atoms with Gasteiger partial charge in [0.15, 0.2) is 0 Å². The average Bonchev–Trinajstić information content (AvgIpc) is 3.23. The number of nitrogens with one attached hydrogen (secondary N) is 1. The summed E-state index contributed by atoms with van der Waals surface area (Å²) in [7, 11) is 0. The Morgan fingerprint density at radius 2 is 2.00 bits per heavy atom. The van der Waals surface area contributed by atoms with E-state index in [0.717, 1.165) is 52.2 Å². The number of esters is 1. The summed E-state index contributed by atoms with van der Waals surface area (Å²) in [6.07, 6.45) is 3.51. The van der Waals surface area contributed by atoms with Gasteiger partial charge in [-0.25, -0.2) is 9.78 Å². The number of thiophene rings is 1. The summed E-state index contributed by atoms with van der Waals surface area (Å²) < 4.78 is 6.46. The maximum Gasteiger partial charge on any atom is 0.341 e. The lowest BCUT2D eigenvalue weighted by molar-refractivity contribution is 0.0505. The van der Waals surface area contributed by atoms with Crippen LogP contribution in [0.1, 0.15) is 57.8 Å². The predicted octanol–water partition coefficient (Wildman–Crippen LogP) is 7.67. The zero-order valence-electron chi connectivity index (χ0n) is 20.3. The molecule has 36 heavy (non-hydrogen) atoms. The minimum absolute atomic E-state index is 0.263. The molecule has 1 atom stereocenters. The molecule has 5 rings (SSSR count). The number of benzene rings is 2. The molecule has 0 spiro atoms. The van der Waals surface area contributed by atoms with Crippen molar-refractivity contribution in [2.45, 2.75) is 39.5 Å². The van der Waals surface area contributed by atoms with Gasteiger partial charge in [0.05, 0.1) is 28.9 Å². The lowest BCUT2D eigenvalue weighted by atomic mass is 9.88. The number of ether oxygens (including phenoxy) is 1. The molecule has 1 amide bonds. The fourth-order valence-electron chi connectivity index (χ4n) is 4.65. The van der Waals surface area contributed by atoms with Crippen LogP contribution in [-0.2, 0) is 17.6 Å². The van der Waals surface area contributed by atoms with E-state index in [1.165, 1.54) is 16.2 Å². The van der Waals surface area contributed by atoms with Crippen molar-refractivity contribution in [1.82, 2.24) is 4.98 Å². The molecule has 184 valence electrons. The van der Waals surface area contributed by atoms with E-state index in [-0.39, 0.29) is 11.9 Å². The van der Waals surface area contributed by atoms with E-state index in [0.29, 0.717) is 34.3 Å². The van der Waals surface area contributed by atoms with Gasteiger partial charge in [-0.05, 0) is 61.4 Å². The Morgan fingerprint density at radius 3 is 2.81 bits per heavy atom. The zero-order chi connectivity index (χ0) is 25.2. The smallest absolute Gasteiger partial charge is 0.341 e. The molecule has 4 aromatic rings. The molecule has 2 heterocycles. The number of hydrogen-bond donors (Lipinski definition) is 1. The number of carbonyl (C=O) groups is 2. The van der Waals surface area contributed by atoms with E-state index in [4.69, 9.17) is 9.72 Å². The lowest BCUT2D eigenvalue weighted by Gasteiger charge is -2.18. The van der Waals surface area contributed by atoms with Crippen LogP contribution in [-0.4, -0.2) is 23.5 Å². The standard InChI is InChI=1S/C29H27BrN2O3S/c1-3-13-35-29(34)26-21-12-11-17(2)14-25(21)36-28(26)32-27(33)22-16-24(18-7-6-8-19(30)15-18)31-23-10-5-4-9-20(22)23/h4-10,15-17H,3,11-14H2,1-2H3,(H,32,33). The molecule has 0 aliphatic heterocycles. The zero-order valence-corrected chi connectivity index (χ0v) is 22.7. The molecule has 7 heteroatoms. The van der Waals surface area contributed by atoms with Gasteiger partial charge < -0.3 is 10.1 Å². The molecule has 1 aliphatic rings. The third-order valence-corrected chi connectivity index (χ3v) is 8.12. The number of hydrogen-bond acceptors (Lipinski definition) is 5. The van der Waals surface area contributed by atoms with Crippen molar-refractivity contribution in [1.29, 1.82) is 0 Å². The second-order valence-electron chi connectivity index (χ2n) is 9.23. The van der Waals surface area contributed by atoms with E-state index in [2.05, 4.69) is 28.2 Å². The third-order valence-electron chi connectivity index (χ3n) is 6.46. The number of amides is 1. The fraction of sp³-hybridized carbons (Fsp3) is 0.276. The number of aromatic nitrogens is 1. The van der Waals surface area contributed by atoms with Crippen LogP contribution in [0.15, 0.2) is 59.1 Å². The SMILES string of the molecule is CCCOC(=O)c1c(NC(=O)c2cc(-c3cccc(Br)c3)nc3ccccc23)sc2c1CCC(C)C2. The van der Waals surface area contributed by atoms with Crippen LogP contribution in [0.4, 0.5) is 5.00 Å². The van der Waals surface area contributed by atoms with E-state index in [9.17, 15) is 9.59 Å². The molecule has 0 radical (unpaired) electrons. The molecular weight excluding hydrogens is 536 g/mol. The minimum atomic E-state index is -0.353. The normalized spacial score (nSPS) is 14.9. The quantitative estimate of drug-likeness (QED) is 0.245. The Balaban J connectivity index is 1.57. The fourth-order valence-corrected chi connectivity index (χ4v) is 6.44. The van der Waals surface area contributed by atoms with E-state index in [1.807, 2.05) is 61.5 Å². The molecule has 0 saturated heterocycles. The molecule has 1 N–H and O–H groups in total. The number of rotatable bonds is 6. The predicted molar refractivity (Wildman–Crippen MR) is 149 cm³/mol. The number of halogens is 1. The largest absolute Gasteiger partial charge is 0.462 e. The van der Waals surface area contributed by atoms with E-state index >= 15 is 0 Å². The van der Waals surface area contributed by atoms with E-state index < -0.39 is 0 Å². The van der Waals surface area contributed by atoms with Crippen LogP contribution in [0.25, 0.3) is 22.2 Å². The van der Waals surface area contributed by atoms with Crippen LogP contribution in [0.3, 0.4) is 0 Å². The number of para-hydroxylation sites is 1. The van der Waals surface area contributed by atoms with Crippen molar-refractivity contribution in [3.63, 3.8) is 0 Å². The summed E-state index contributed by atoms with van der Waals surface area (Å²) in [4.78, 5) is 32.8. The van der Waals surface area contributed by atoms with Gasteiger partial charge in [0.1, 0.15) is 5.00 Å². The van der Waals surface area contributed by atoms with Crippen LogP contribution in [0, 0.1) is 5.92 Å². The summed E-state index contributed by atoms with van der Waals surface area (Å²) in [6, 6.07) is 17.3. The highest BCUT2D eigenvalue weighted by molar-refractivity contribution is 9.10. The van der Waals surface area contributed by atoms with Gasteiger partial charge in [0.2, 0.25) is 0 Å². The molecular formula is C29H27BrN2O3S. The van der Waals surface area contributed by atoms with Gasteiger partial charge in [-0.1, -0.05) is 60.1 Å². The average molecular weight is 564 g/mol. The summed E-state index contributed by atoms with van der Waals surface area (Å²) in [5.41, 5.74) is 4.43. The second kappa shape index (κ2) is 10.5. The highest BCUT2D eigenvalue weighted by Gasteiger charge is 2.29. The highest BCUT2D eigenvalue weighted by atomic mass is 79.9. The maximum atomic E-state index is 13.8. The molecule has 0 fully saturated rings. The Bertz CT molecular complexity index is 1460. The first kappa shape index (κ1) is 24.7. The van der Waals surface area contributed by atoms with Crippen molar-refractivity contribution in [3.05, 3.63) is 80.6 Å². The number of nitrogens with zero attached hydrogens (tertiary/aromatic N) is 1. The molecule has 2 aromatic carbocycles. The van der Waals surface area contributed by atoms with Crippen molar-refractivity contribution in [2.24, 2.45) is 5.92 Å². The van der Waals surface area contributed by atoms with E-state index in [1.54, 1.807) is 0 Å². The maximum absolute atomic E-state index is 13.8. The first-order chi connectivity index (χ1) is 17.4. The summed E-state index contributed by atoms with van der Waals surface area (Å²) in [5.74, 6) is -0.0641. The first-order valence-corrected chi connectivity index (χ1v) is 13.8. The van der Waals surface area contributed by atoms with Gasteiger partial charge in [0.25, 0.3) is 5.91 Å². The van der Waals surface area contributed by atoms with Crippen molar-refractivity contribution < 1.29 is 14.3 Å². The number of pyridine rings is 1. The number of fused-ring (bicyclic) bond motifs is 2. The molecule has 1 unspecified atom stereocenters. The monoisotopic (exact) mass is 562 g/mol. The summed E-state index contributed by atoms with van der Waals surface area (Å²) in [5, 5.41) is 4.42. The summed E-state index contributed by atoms with van der Waals surface area (Å²) in [6.45, 7) is 4.55. The van der Waals surface area contributed by atoms with Crippen LogP contribution in [0.5, 0.6) is 0 Å². The number of anilines is 1. The highest BCUT2D eigenvalue weighted by Crippen LogP contribution is 2.40. The topological polar surface area (TPSA) is 68.3 Å². The number of carbonyl (C=O) groups excluding carboxylic acids is 2. The van der Waals surface area contributed by atoms with Gasteiger partial charge in [-0.3, -0.25) is 4.79 Å². The van der Waals surface area contributed by atoms with Crippen molar-refractivity contribution in [2.75, 3.05) is 11.9 Å². The molecule has 0 bridgehead atoms. The molecule has 2 aromatic heterocycles. The Hall–Kier alpha value is -3.03. The van der Waals surface area contributed by atoms with Gasteiger partial charge in [-0.15, -0.1) is 11.3 Å². The first-order valence-electron chi connectivity index (χ1n) is 12.2. The third kappa shape index (κ3) is 4.95. The van der Waals surface area contributed by atoms with Gasteiger partial charge in [-0.2, -0.15) is 0 Å². The molecule has 1 aliphatic carbocycles. The van der Waals surface area contributed by atoms with Crippen LogP contribution >= 0.6 is 27.3 Å². The molecule has 0 saturated carbocycles. The van der Waals surface area contributed by atoms with Crippen molar-refractivity contribution in [3.8, 4) is 11.3 Å². The van der Waals surface area contributed by atoms with Crippen molar-refractivity contribution >= 4 is 55.0 Å². The second-order valence-corrected chi connectivity index (χ2v) is 11.2. The van der Waals surface area contributed by atoms with Gasteiger partial charge in [0, 0.05) is 20.3 Å².